The molecule has 0 aliphatic rings. The quantitative estimate of drug-likeness (QED) is 0.616. The number of aryl methyl sites for hydroxylation is 1. The maximum absolute atomic E-state index is 12.3. The minimum absolute atomic E-state index is 0.0124. The first-order chi connectivity index (χ1) is 12.3. The van der Waals surface area contributed by atoms with Crippen molar-refractivity contribution in [2.24, 2.45) is 0 Å². The van der Waals surface area contributed by atoms with E-state index in [0.29, 0.717) is 23.5 Å². The van der Waals surface area contributed by atoms with E-state index in [-0.39, 0.29) is 29.0 Å². The van der Waals surface area contributed by atoms with Gasteiger partial charge in [-0.25, -0.2) is 9.78 Å². The highest BCUT2D eigenvalue weighted by molar-refractivity contribution is 6.34. The smallest absolute Gasteiger partial charge is 0.319 e. The molecule has 2 rings (SSSR count). The number of benzene rings is 1. The van der Waals surface area contributed by atoms with Gasteiger partial charge in [-0.05, 0) is 45.4 Å². The molecule has 0 radical (unpaired) electrons. The lowest BCUT2D eigenvalue weighted by Crippen LogP contribution is -2.33. The highest BCUT2D eigenvalue weighted by Gasteiger charge is 2.16. The molecule has 0 aliphatic carbocycles. The molecule has 8 heteroatoms. The van der Waals surface area contributed by atoms with E-state index in [2.05, 4.69) is 25.9 Å². The number of aromatic amines is 1. The number of imidazole rings is 1. The SMILES string of the molecule is CC[C@@H](NC(=O)Nc1ccc(C(=O)NC(C)C)c(Cl)c1)c1ncc(C)[nH]1. The first-order valence-electron chi connectivity index (χ1n) is 8.49. The Morgan fingerprint density at radius 2 is 2.00 bits per heavy atom. The number of nitrogens with zero attached hydrogens (tertiary/aromatic N) is 1. The Hall–Kier alpha value is -2.54. The van der Waals surface area contributed by atoms with Crippen molar-refractivity contribution >= 4 is 29.2 Å². The number of aromatic nitrogens is 2. The van der Waals surface area contributed by atoms with Gasteiger partial charge < -0.3 is 20.9 Å². The average Bonchev–Trinajstić information content (AvgIpc) is 2.98. The lowest BCUT2D eigenvalue weighted by Gasteiger charge is -2.16. The summed E-state index contributed by atoms with van der Waals surface area (Å²) in [6, 6.07) is 4.19. The highest BCUT2D eigenvalue weighted by atomic mass is 35.5. The second kappa shape index (κ2) is 8.71. The number of hydrogen-bond acceptors (Lipinski definition) is 3. The van der Waals surface area contributed by atoms with E-state index in [1.54, 1.807) is 24.4 Å². The third-order valence-corrected chi connectivity index (χ3v) is 3.97. The van der Waals surface area contributed by atoms with Crippen LogP contribution in [-0.2, 0) is 0 Å². The van der Waals surface area contributed by atoms with Crippen molar-refractivity contribution in [3.05, 3.63) is 46.5 Å². The molecule has 0 saturated carbocycles. The number of hydrogen-bond donors (Lipinski definition) is 4. The number of rotatable bonds is 6. The van der Waals surface area contributed by atoms with Crippen molar-refractivity contribution in [2.45, 2.75) is 46.2 Å². The first kappa shape index (κ1) is 19.8. The number of H-pyrrole nitrogens is 1. The molecular weight excluding hydrogens is 354 g/mol. The van der Waals surface area contributed by atoms with Gasteiger partial charge >= 0.3 is 6.03 Å². The van der Waals surface area contributed by atoms with Gasteiger partial charge in [-0.1, -0.05) is 18.5 Å². The van der Waals surface area contributed by atoms with Crippen LogP contribution in [0.25, 0.3) is 0 Å². The summed E-state index contributed by atoms with van der Waals surface area (Å²) in [6.07, 6.45) is 2.41. The summed E-state index contributed by atoms with van der Waals surface area (Å²) in [7, 11) is 0. The Morgan fingerprint density at radius 3 is 2.54 bits per heavy atom. The molecule has 2 aromatic rings. The Morgan fingerprint density at radius 1 is 1.27 bits per heavy atom. The van der Waals surface area contributed by atoms with Gasteiger partial charge in [0.15, 0.2) is 0 Å². The van der Waals surface area contributed by atoms with Gasteiger partial charge in [-0.2, -0.15) is 0 Å². The number of anilines is 1. The van der Waals surface area contributed by atoms with Crippen molar-refractivity contribution in [2.75, 3.05) is 5.32 Å². The zero-order valence-electron chi connectivity index (χ0n) is 15.3. The normalized spacial score (nSPS) is 11.9. The van der Waals surface area contributed by atoms with Crippen LogP contribution in [0.15, 0.2) is 24.4 Å². The summed E-state index contributed by atoms with van der Waals surface area (Å²) in [4.78, 5) is 31.7. The van der Waals surface area contributed by atoms with Crippen molar-refractivity contribution in [1.29, 1.82) is 0 Å². The molecule has 0 saturated heterocycles. The molecule has 1 heterocycles. The Bertz CT molecular complexity index is 788. The molecule has 1 aromatic heterocycles. The van der Waals surface area contributed by atoms with E-state index in [4.69, 9.17) is 11.6 Å². The molecule has 1 atom stereocenters. The third-order valence-electron chi connectivity index (χ3n) is 3.66. The largest absolute Gasteiger partial charge is 0.350 e. The van der Waals surface area contributed by atoms with Gasteiger partial charge in [-0.15, -0.1) is 0 Å². The summed E-state index contributed by atoms with van der Waals surface area (Å²) in [5.74, 6) is 0.458. The number of halogens is 1. The second-order valence-corrected chi connectivity index (χ2v) is 6.74. The summed E-state index contributed by atoms with van der Waals surface area (Å²) in [5, 5.41) is 8.64. The van der Waals surface area contributed by atoms with E-state index < -0.39 is 0 Å². The molecule has 26 heavy (non-hydrogen) atoms. The number of amides is 3. The fraction of sp³-hybridized carbons (Fsp3) is 0.389. The minimum atomic E-state index is -0.374. The fourth-order valence-electron chi connectivity index (χ4n) is 2.42. The van der Waals surface area contributed by atoms with Crippen molar-refractivity contribution < 1.29 is 9.59 Å². The highest BCUT2D eigenvalue weighted by Crippen LogP contribution is 2.21. The van der Waals surface area contributed by atoms with Crippen LogP contribution >= 0.6 is 11.6 Å². The zero-order valence-corrected chi connectivity index (χ0v) is 16.1. The predicted octanol–water partition coefficient (Wildman–Crippen LogP) is 3.78. The van der Waals surface area contributed by atoms with Crippen molar-refractivity contribution in [3.63, 3.8) is 0 Å². The van der Waals surface area contributed by atoms with Crippen LogP contribution < -0.4 is 16.0 Å². The van der Waals surface area contributed by atoms with Crippen molar-refractivity contribution in [1.82, 2.24) is 20.6 Å². The second-order valence-electron chi connectivity index (χ2n) is 6.33. The van der Waals surface area contributed by atoms with Crippen LogP contribution in [0.4, 0.5) is 10.5 Å². The summed E-state index contributed by atoms with van der Waals surface area (Å²) < 4.78 is 0. The van der Waals surface area contributed by atoms with E-state index in [0.717, 1.165) is 5.69 Å². The lowest BCUT2D eigenvalue weighted by molar-refractivity contribution is 0.0943. The Balaban J connectivity index is 2.02. The van der Waals surface area contributed by atoms with Crippen LogP contribution in [0.5, 0.6) is 0 Å². The predicted molar refractivity (Wildman–Crippen MR) is 103 cm³/mol. The summed E-state index contributed by atoms with van der Waals surface area (Å²) in [5.41, 5.74) is 1.80. The Labute approximate surface area is 157 Å². The van der Waals surface area contributed by atoms with Gasteiger partial charge in [0, 0.05) is 23.6 Å². The molecule has 140 valence electrons. The molecule has 7 nitrogen and oxygen atoms in total. The van der Waals surface area contributed by atoms with E-state index >= 15 is 0 Å². The monoisotopic (exact) mass is 377 g/mol. The molecule has 4 N–H and O–H groups in total. The van der Waals surface area contributed by atoms with Crippen LogP contribution in [0.1, 0.15) is 55.1 Å². The molecule has 0 unspecified atom stereocenters. The zero-order chi connectivity index (χ0) is 19.3. The van der Waals surface area contributed by atoms with E-state index in [9.17, 15) is 9.59 Å². The third kappa shape index (κ3) is 5.23. The maximum atomic E-state index is 12.3. The number of carbonyl (C=O) groups is 2. The minimum Gasteiger partial charge on any atom is -0.350 e. The molecule has 0 fully saturated rings. The standard InChI is InChI=1S/C18H24ClN5O2/c1-5-15(16-20-9-11(4)22-16)24-18(26)23-12-6-7-13(14(19)8-12)17(25)21-10(2)3/h6-10,15H,5H2,1-4H3,(H,20,22)(H,21,25)(H2,23,24,26)/t15-/m1/s1. The van der Waals surface area contributed by atoms with Gasteiger partial charge in [-0.3, -0.25) is 4.79 Å². The Kier molecular flexibility index (Phi) is 6.63. The van der Waals surface area contributed by atoms with Crippen LogP contribution in [0.2, 0.25) is 5.02 Å². The van der Waals surface area contributed by atoms with Crippen molar-refractivity contribution in [3.8, 4) is 0 Å². The lowest BCUT2D eigenvalue weighted by atomic mass is 10.2. The molecule has 3 amide bonds. The van der Waals surface area contributed by atoms with Gasteiger partial charge in [0.05, 0.1) is 16.6 Å². The van der Waals surface area contributed by atoms with Gasteiger partial charge in [0.25, 0.3) is 5.91 Å². The van der Waals surface area contributed by atoms with Crippen LogP contribution in [-0.4, -0.2) is 27.9 Å². The fourth-order valence-corrected chi connectivity index (χ4v) is 2.68. The summed E-state index contributed by atoms with van der Waals surface area (Å²) >= 11 is 6.18. The maximum Gasteiger partial charge on any atom is 0.319 e. The van der Waals surface area contributed by atoms with E-state index in [1.807, 2.05) is 27.7 Å². The van der Waals surface area contributed by atoms with E-state index in [1.165, 1.54) is 0 Å². The number of nitrogens with one attached hydrogen (secondary N) is 4. The number of urea groups is 1. The van der Waals surface area contributed by atoms with Crippen LogP contribution in [0, 0.1) is 6.92 Å². The molecule has 0 aliphatic heterocycles. The molecular formula is C18H24ClN5O2. The van der Waals surface area contributed by atoms with Gasteiger partial charge in [0.1, 0.15) is 5.82 Å². The topological polar surface area (TPSA) is 98.9 Å². The average molecular weight is 378 g/mol. The first-order valence-corrected chi connectivity index (χ1v) is 8.87. The molecule has 0 spiro atoms. The molecule has 1 aromatic carbocycles. The molecule has 0 bridgehead atoms. The number of carbonyl (C=O) groups excluding carboxylic acids is 2. The van der Waals surface area contributed by atoms with Gasteiger partial charge in [0.2, 0.25) is 0 Å². The van der Waals surface area contributed by atoms with Crippen LogP contribution in [0.3, 0.4) is 0 Å². The summed E-state index contributed by atoms with van der Waals surface area (Å²) in [6.45, 7) is 7.61.